The van der Waals surface area contributed by atoms with Gasteiger partial charge >= 0.3 is 0 Å². The van der Waals surface area contributed by atoms with Gasteiger partial charge in [-0.25, -0.2) is 0 Å². The van der Waals surface area contributed by atoms with Gasteiger partial charge in [-0.2, -0.15) is 0 Å². The summed E-state index contributed by atoms with van der Waals surface area (Å²) in [5, 5.41) is 9.05. The molecule has 0 bridgehead atoms. The fraction of sp³-hybridized carbons (Fsp3) is 1.00. The van der Waals surface area contributed by atoms with Crippen LogP contribution >= 0.6 is 0 Å². The van der Waals surface area contributed by atoms with E-state index in [1.165, 1.54) is 19.6 Å². The number of β-amino-alcohol motifs (C(OH)–C–C–N with tert-alkyl or cyclic N) is 1. The van der Waals surface area contributed by atoms with E-state index in [0.717, 1.165) is 19.1 Å². The number of aliphatic hydroxyl groups is 1. The predicted molar refractivity (Wildman–Crippen MR) is 43.5 cm³/mol. The van der Waals surface area contributed by atoms with Crippen molar-refractivity contribution in [1.29, 1.82) is 0 Å². The topological polar surface area (TPSA) is 26.7 Å². The molecule has 0 spiro atoms. The normalized spacial score (nSPS) is 30.0. The van der Waals surface area contributed by atoms with E-state index in [2.05, 4.69) is 16.7 Å². The first-order chi connectivity index (χ1) is 5.29. The molecule has 2 heterocycles. The Morgan fingerprint density at radius 1 is 1.27 bits per heavy atom. The molecule has 0 unspecified atom stereocenters. The van der Waals surface area contributed by atoms with Crippen LogP contribution in [0.5, 0.6) is 0 Å². The standard InChI is InChI=1S/C8H16N2O/c1-2-9-3-7(4-9)10-5-8(11)6-10/h7-8,11H,2-6H2,1H3. The van der Waals surface area contributed by atoms with Crippen molar-refractivity contribution in [2.75, 3.05) is 32.7 Å². The van der Waals surface area contributed by atoms with Gasteiger partial charge in [-0.3, -0.25) is 4.90 Å². The summed E-state index contributed by atoms with van der Waals surface area (Å²) in [7, 11) is 0. The minimum atomic E-state index is -0.0364. The number of likely N-dealkylation sites (tertiary alicyclic amines) is 2. The van der Waals surface area contributed by atoms with Crippen molar-refractivity contribution in [2.45, 2.75) is 19.1 Å². The number of aliphatic hydroxyl groups excluding tert-OH is 1. The second-order valence-electron chi connectivity index (χ2n) is 3.61. The molecule has 0 saturated carbocycles. The Morgan fingerprint density at radius 3 is 2.36 bits per heavy atom. The summed E-state index contributed by atoms with van der Waals surface area (Å²) in [6, 6.07) is 0.748. The van der Waals surface area contributed by atoms with E-state index in [9.17, 15) is 0 Å². The first kappa shape index (κ1) is 7.53. The molecule has 2 rings (SSSR count). The van der Waals surface area contributed by atoms with Crippen molar-refractivity contribution in [2.24, 2.45) is 0 Å². The Kier molecular flexibility index (Phi) is 1.87. The lowest BCUT2D eigenvalue weighted by atomic mass is 10.0. The smallest absolute Gasteiger partial charge is 0.0794 e. The molecule has 0 aromatic heterocycles. The highest BCUT2D eigenvalue weighted by Crippen LogP contribution is 2.19. The first-order valence-electron chi connectivity index (χ1n) is 4.44. The molecular weight excluding hydrogens is 140 g/mol. The highest BCUT2D eigenvalue weighted by molar-refractivity contribution is 4.93. The Hall–Kier alpha value is -0.120. The van der Waals surface area contributed by atoms with Crippen LogP contribution in [-0.2, 0) is 0 Å². The molecule has 3 nitrogen and oxygen atoms in total. The SMILES string of the molecule is CCN1CC(N2CC(O)C2)C1. The van der Waals surface area contributed by atoms with E-state index in [4.69, 9.17) is 5.11 Å². The van der Waals surface area contributed by atoms with E-state index in [0.29, 0.717) is 0 Å². The molecule has 0 radical (unpaired) electrons. The molecule has 0 atom stereocenters. The van der Waals surface area contributed by atoms with Crippen molar-refractivity contribution >= 4 is 0 Å². The van der Waals surface area contributed by atoms with E-state index in [1.807, 2.05) is 0 Å². The Morgan fingerprint density at radius 2 is 1.91 bits per heavy atom. The van der Waals surface area contributed by atoms with E-state index >= 15 is 0 Å². The Bertz CT molecular complexity index is 139. The zero-order chi connectivity index (χ0) is 7.84. The molecule has 11 heavy (non-hydrogen) atoms. The maximum Gasteiger partial charge on any atom is 0.0794 e. The lowest BCUT2D eigenvalue weighted by Gasteiger charge is -2.50. The van der Waals surface area contributed by atoms with Gasteiger partial charge in [-0.15, -0.1) is 0 Å². The van der Waals surface area contributed by atoms with Crippen LogP contribution in [0.25, 0.3) is 0 Å². The minimum Gasteiger partial charge on any atom is -0.390 e. The zero-order valence-corrected chi connectivity index (χ0v) is 7.03. The lowest BCUT2D eigenvalue weighted by Crippen LogP contribution is -2.66. The molecule has 0 aromatic rings. The molecule has 3 heteroatoms. The van der Waals surface area contributed by atoms with Crippen LogP contribution in [0.15, 0.2) is 0 Å². The summed E-state index contributed by atoms with van der Waals surface area (Å²) >= 11 is 0. The summed E-state index contributed by atoms with van der Waals surface area (Å²) in [6.45, 7) is 7.60. The Balaban J connectivity index is 1.67. The average Bonchev–Trinajstić information content (AvgIpc) is 1.81. The second kappa shape index (κ2) is 2.73. The number of rotatable bonds is 2. The van der Waals surface area contributed by atoms with Gasteiger partial charge in [0.05, 0.1) is 6.10 Å². The third kappa shape index (κ3) is 1.28. The van der Waals surface area contributed by atoms with Crippen LogP contribution in [0.4, 0.5) is 0 Å². The molecular formula is C8H16N2O. The first-order valence-corrected chi connectivity index (χ1v) is 4.44. The summed E-state index contributed by atoms with van der Waals surface area (Å²) in [5.74, 6) is 0. The van der Waals surface area contributed by atoms with Crippen LogP contribution < -0.4 is 0 Å². The van der Waals surface area contributed by atoms with Gasteiger partial charge in [-0.1, -0.05) is 6.92 Å². The van der Waals surface area contributed by atoms with Gasteiger partial charge in [0.2, 0.25) is 0 Å². The van der Waals surface area contributed by atoms with Gasteiger partial charge in [0.1, 0.15) is 0 Å². The molecule has 0 aliphatic carbocycles. The fourth-order valence-electron chi connectivity index (χ4n) is 1.82. The maximum atomic E-state index is 9.05. The minimum absolute atomic E-state index is 0.0364. The number of nitrogens with zero attached hydrogens (tertiary/aromatic N) is 2. The van der Waals surface area contributed by atoms with Gasteiger partial charge in [0, 0.05) is 32.2 Å². The monoisotopic (exact) mass is 156 g/mol. The third-order valence-electron chi connectivity index (χ3n) is 2.79. The largest absolute Gasteiger partial charge is 0.390 e. The van der Waals surface area contributed by atoms with Gasteiger partial charge in [0.25, 0.3) is 0 Å². The van der Waals surface area contributed by atoms with Crippen LogP contribution in [0.2, 0.25) is 0 Å². The molecule has 1 N–H and O–H groups in total. The number of hydrogen-bond acceptors (Lipinski definition) is 3. The highest BCUT2D eigenvalue weighted by Gasteiger charge is 2.37. The van der Waals surface area contributed by atoms with Crippen molar-refractivity contribution in [3.05, 3.63) is 0 Å². The second-order valence-corrected chi connectivity index (χ2v) is 3.61. The molecule has 2 fully saturated rings. The highest BCUT2D eigenvalue weighted by atomic mass is 16.3. The predicted octanol–water partition coefficient (Wildman–Crippen LogP) is -0.633. The van der Waals surface area contributed by atoms with Crippen LogP contribution in [0, 0.1) is 0 Å². The molecule has 64 valence electrons. The number of likely N-dealkylation sites (N-methyl/N-ethyl adjacent to an activating group) is 1. The zero-order valence-electron chi connectivity index (χ0n) is 7.03. The van der Waals surface area contributed by atoms with Crippen molar-refractivity contribution in [3.63, 3.8) is 0 Å². The molecule has 0 aromatic carbocycles. The summed E-state index contributed by atoms with van der Waals surface area (Å²) in [4.78, 5) is 4.80. The van der Waals surface area contributed by atoms with Crippen LogP contribution in [-0.4, -0.2) is 59.8 Å². The lowest BCUT2D eigenvalue weighted by molar-refractivity contribution is -0.0690. The van der Waals surface area contributed by atoms with Gasteiger partial charge in [-0.05, 0) is 6.54 Å². The van der Waals surface area contributed by atoms with E-state index in [-0.39, 0.29) is 6.10 Å². The van der Waals surface area contributed by atoms with E-state index < -0.39 is 0 Å². The van der Waals surface area contributed by atoms with Crippen molar-refractivity contribution in [3.8, 4) is 0 Å². The van der Waals surface area contributed by atoms with E-state index in [1.54, 1.807) is 0 Å². The molecule has 0 amide bonds. The fourth-order valence-corrected chi connectivity index (χ4v) is 1.82. The maximum absolute atomic E-state index is 9.05. The summed E-state index contributed by atoms with van der Waals surface area (Å²) in [5.41, 5.74) is 0. The molecule has 2 saturated heterocycles. The number of hydrogen-bond donors (Lipinski definition) is 1. The molecule has 2 aliphatic rings. The van der Waals surface area contributed by atoms with Crippen molar-refractivity contribution in [1.82, 2.24) is 9.80 Å². The summed E-state index contributed by atoms with van der Waals surface area (Å²) < 4.78 is 0. The van der Waals surface area contributed by atoms with Crippen LogP contribution in [0.3, 0.4) is 0 Å². The van der Waals surface area contributed by atoms with Crippen molar-refractivity contribution < 1.29 is 5.11 Å². The quantitative estimate of drug-likeness (QED) is 0.576. The Labute approximate surface area is 67.6 Å². The van der Waals surface area contributed by atoms with Gasteiger partial charge < -0.3 is 10.0 Å². The van der Waals surface area contributed by atoms with Gasteiger partial charge in [0.15, 0.2) is 0 Å². The van der Waals surface area contributed by atoms with Crippen LogP contribution in [0.1, 0.15) is 6.92 Å². The third-order valence-corrected chi connectivity index (χ3v) is 2.79. The average molecular weight is 156 g/mol. The molecule has 2 aliphatic heterocycles. The summed E-state index contributed by atoms with van der Waals surface area (Å²) in [6.07, 6.45) is -0.0364.